The van der Waals surface area contributed by atoms with E-state index < -0.39 is 0 Å². The van der Waals surface area contributed by atoms with Crippen molar-refractivity contribution in [2.75, 3.05) is 26.2 Å². The van der Waals surface area contributed by atoms with Crippen molar-refractivity contribution in [1.29, 1.82) is 0 Å². The van der Waals surface area contributed by atoms with Crippen molar-refractivity contribution in [3.63, 3.8) is 0 Å². The van der Waals surface area contributed by atoms with Gasteiger partial charge >= 0.3 is 0 Å². The maximum Gasteiger partial charge on any atom is 0.158 e. The first-order valence-electron chi connectivity index (χ1n) is 8.17. The number of ether oxygens (including phenoxy) is 1. The molecule has 0 saturated carbocycles. The molecule has 2 saturated heterocycles. The number of morpholine rings is 1. The topological polar surface area (TPSA) is 50.3 Å². The first kappa shape index (κ1) is 14.9. The van der Waals surface area contributed by atoms with E-state index in [1.807, 2.05) is 6.92 Å². The summed E-state index contributed by atoms with van der Waals surface area (Å²) in [5, 5.41) is 3.40. The lowest BCUT2D eigenvalue weighted by Crippen LogP contribution is -2.43. The minimum absolute atomic E-state index is 0.0316. The van der Waals surface area contributed by atoms with Crippen LogP contribution in [0.1, 0.15) is 49.5 Å². The third kappa shape index (κ3) is 3.59. The van der Waals surface area contributed by atoms with Gasteiger partial charge in [0.15, 0.2) is 5.82 Å². The van der Waals surface area contributed by atoms with E-state index in [9.17, 15) is 0 Å². The highest BCUT2D eigenvalue weighted by molar-refractivity contribution is 5.12. The molecule has 1 aromatic rings. The predicted molar refractivity (Wildman–Crippen MR) is 82.1 cm³/mol. The van der Waals surface area contributed by atoms with E-state index in [0.717, 1.165) is 49.9 Å². The fourth-order valence-corrected chi connectivity index (χ4v) is 3.26. The van der Waals surface area contributed by atoms with Crippen LogP contribution in [0, 0.1) is 6.92 Å². The highest BCUT2D eigenvalue weighted by Gasteiger charge is 2.34. The Kier molecular flexibility index (Phi) is 4.83. The molecule has 2 aliphatic rings. The smallest absolute Gasteiger partial charge is 0.158 e. The Balaban J connectivity index is 1.69. The van der Waals surface area contributed by atoms with Crippen molar-refractivity contribution in [1.82, 2.24) is 20.2 Å². The van der Waals surface area contributed by atoms with Crippen LogP contribution in [-0.4, -0.2) is 47.2 Å². The molecule has 0 spiro atoms. The van der Waals surface area contributed by atoms with E-state index in [2.05, 4.69) is 28.2 Å². The van der Waals surface area contributed by atoms with Crippen LogP contribution in [0.2, 0.25) is 0 Å². The summed E-state index contributed by atoms with van der Waals surface area (Å²) < 4.78 is 6.03. The third-order valence-electron chi connectivity index (χ3n) is 4.33. The van der Waals surface area contributed by atoms with Gasteiger partial charge in [0, 0.05) is 24.8 Å². The Morgan fingerprint density at radius 2 is 2.33 bits per heavy atom. The van der Waals surface area contributed by atoms with Crippen molar-refractivity contribution in [2.45, 2.75) is 51.8 Å². The molecule has 21 heavy (non-hydrogen) atoms. The molecule has 0 amide bonds. The molecule has 0 aromatic carbocycles. The molecule has 5 nitrogen and oxygen atoms in total. The van der Waals surface area contributed by atoms with E-state index in [1.54, 1.807) is 0 Å². The molecule has 2 fully saturated rings. The standard InChI is InChI=1S/C16H26N4O/c1-3-6-17-9-13-8-12(2)18-16(19-13)15-10-20-7-4-5-14(20)11-21-15/h8,14-15,17H,3-7,9-11H2,1-2H3. The lowest BCUT2D eigenvalue weighted by molar-refractivity contribution is -0.0542. The van der Waals surface area contributed by atoms with Crippen molar-refractivity contribution < 1.29 is 4.74 Å². The van der Waals surface area contributed by atoms with E-state index in [-0.39, 0.29) is 6.10 Å². The average Bonchev–Trinajstić information content (AvgIpc) is 2.94. The highest BCUT2D eigenvalue weighted by atomic mass is 16.5. The molecular weight excluding hydrogens is 264 g/mol. The second-order valence-corrected chi connectivity index (χ2v) is 6.15. The lowest BCUT2D eigenvalue weighted by Gasteiger charge is -2.34. The van der Waals surface area contributed by atoms with Gasteiger partial charge in [-0.25, -0.2) is 9.97 Å². The predicted octanol–water partition coefficient (Wildman–Crippen LogP) is 1.82. The zero-order chi connectivity index (χ0) is 14.7. The van der Waals surface area contributed by atoms with Gasteiger partial charge in [0.05, 0.1) is 12.3 Å². The lowest BCUT2D eigenvalue weighted by atomic mass is 10.1. The van der Waals surface area contributed by atoms with Crippen molar-refractivity contribution in [2.24, 2.45) is 0 Å². The summed E-state index contributed by atoms with van der Waals surface area (Å²) in [6.45, 7) is 9.00. The Bertz CT molecular complexity index is 479. The molecule has 0 aliphatic carbocycles. The van der Waals surface area contributed by atoms with Gasteiger partial charge in [-0.1, -0.05) is 6.92 Å². The number of rotatable bonds is 5. The third-order valence-corrected chi connectivity index (χ3v) is 4.33. The molecular formula is C16H26N4O. The number of aromatic nitrogens is 2. The van der Waals surface area contributed by atoms with Gasteiger partial charge in [-0.3, -0.25) is 4.90 Å². The van der Waals surface area contributed by atoms with Crippen LogP contribution in [0.25, 0.3) is 0 Å². The van der Waals surface area contributed by atoms with Crippen LogP contribution < -0.4 is 5.32 Å². The minimum atomic E-state index is 0.0316. The summed E-state index contributed by atoms with van der Waals surface area (Å²) in [4.78, 5) is 11.9. The Labute approximate surface area is 127 Å². The van der Waals surface area contributed by atoms with Crippen molar-refractivity contribution in [3.05, 3.63) is 23.3 Å². The molecule has 2 atom stereocenters. The fraction of sp³-hybridized carbons (Fsp3) is 0.750. The van der Waals surface area contributed by atoms with Gasteiger partial charge in [-0.05, 0) is 45.3 Å². The number of nitrogens with one attached hydrogen (secondary N) is 1. The Morgan fingerprint density at radius 1 is 1.43 bits per heavy atom. The minimum Gasteiger partial charge on any atom is -0.367 e. The summed E-state index contributed by atoms with van der Waals surface area (Å²) in [6.07, 6.45) is 3.73. The van der Waals surface area contributed by atoms with Crippen LogP contribution in [0.5, 0.6) is 0 Å². The molecule has 0 radical (unpaired) electrons. The molecule has 2 aliphatic heterocycles. The van der Waals surface area contributed by atoms with E-state index in [4.69, 9.17) is 9.72 Å². The van der Waals surface area contributed by atoms with Crippen molar-refractivity contribution in [3.8, 4) is 0 Å². The number of nitrogens with zero attached hydrogens (tertiary/aromatic N) is 3. The van der Waals surface area contributed by atoms with Gasteiger partial charge in [0.2, 0.25) is 0 Å². The molecule has 0 bridgehead atoms. The largest absolute Gasteiger partial charge is 0.367 e. The number of aryl methyl sites for hydroxylation is 1. The van der Waals surface area contributed by atoms with Crippen LogP contribution in [0.15, 0.2) is 6.07 Å². The maximum atomic E-state index is 6.03. The van der Waals surface area contributed by atoms with Crippen LogP contribution in [-0.2, 0) is 11.3 Å². The van der Waals surface area contributed by atoms with Crippen LogP contribution >= 0.6 is 0 Å². The number of hydrogen-bond donors (Lipinski definition) is 1. The summed E-state index contributed by atoms with van der Waals surface area (Å²) >= 11 is 0. The zero-order valence-corrected chi connectivity index (χ0v) is 13.1. The normalized spacial score (nSPS) is 26.0. The second-order valence-electron chi connectivity index (χ2n) is 6.15. The fourth-order valence-electron chi connectivity index (χ4n) is 3.26. The molecule has 1 aromatic heterocycles. The molecule has 2 unspecified atom stereocenters. The summed E-state index contributed by atoms with van der Waals surface area (Å²) in [7, 11) is 0. The van der Waals surface area contributed by atoms with Gasteiger partial charge in [-0.2, -0.15) is 0 Å². The second kappa shape index (κ2) is 6.81. The van der Waals surface area contributed by atoms with Gasteiger partial charge in [0.25, 0.3) is 0 Å². The van der Waals surface area contributed by atoms with E-state index in [0.29, 0.717) is 6.04 Å². The van der Waals surface area contributed by atoms with Crippen LogP contribution in [0.3, 0.4) is 0 Å². The van der Waals surface area contributed by atoms with Gasteiger partial charge in [-0.15, -0.1) is 0 Å². The molecule has 3 rings (SSSR count). The molecule has 116 valence electrons. The summed E-state index contributed by atoms with van der Waals surface area (Å²) in [6, 6.07) is 2.69. The highest BCUT2D eigenvalue weighted by Crippen LogP contribution is 2.28. The Morgan fingerprint density at radius 3 is 3.19 bits per heavy atom. The monoisotopic (exact) mass is 290 g/mol. The van der Waals surface area contributed by atoms with Gasteiger partial charge < -0.3 is 10.1 Å². The first-order valence-corrected chi connectivity index (χ1v) is 8.17. The molecule has 1 N–H and O–H groups in total. The van der Waals surface area contributed by atoms with E-state index in [1.165, 1.54) is 19.4 Å². The zero-order valence-electron chi connectivity index (χ0n) is 13.1. The number of fused-ring (bicyclic) bond motifs is 1. The summed E-state index contributed by atoms with van der Waals surface area (Å²) in [5.74, 6) is 0.855. The first-order chi connectivity index (χ1) is 10.3. The van der Waals surface area contributed by atoms with Gasteiger partial charge in [0.1, 0.15) is 6.10 Å². The molecule has 3 heterocycles. The Hall–Kier alpha value is -1.04. The maximum absolute atomic E-state index is 6.03. The van der Waals surface area contributed by atoms with Crippen molar-refractivity contribution >= 4 is 0 Å². The summed E-state index contributed by atoms with van der Waals surface area (Å²) in [5.41, 5.74) is 2.10. The number of hydrogen-bond acceptors (Lipinski definition) is 5. The van der Waals surface area contributed by atoms with E-state index >= 15 is 0 Å². The van der Waals surface area contributed by atoms with Crippen LogP contribution in [0.4, 0.5) is 0 Å². The average molecular weight is 290 g/mol. The molecule has 5 heteroatoms. The quantitative estimate of drug-likeness (QED) is 0.838. The SMILES string of the molecule is CCCNCc1cc(C)nc(C2CN3CCCC3CO2)n1.